The van der Waals surface area contributed by atoms with Gasteiger partial charge in [0, 0.05) is 138 Å². The van der Waals surface area contributed by atoms with E-state index in [0.29, 0.717) is 100 Å². The minimum atomic E-state index is -2.45. The van der Waals surface area contributed by atoms with Crippen LogP contribution in [-0.4, -0.2) is 0 Å². The maximum atomic E-state index is 8.95. The Bertz CT molecular complexity index is 7890. The largest absolute Gasteiger partial charge is 0.212 e. The van der Waals surface area contributed by atoms with Gasteiger partial charge in [0.25, 0.3) is 0 Å². The van der Waals surface area contributed by atoms with Crippen molar-refractivity contribution in [3.05, 3.63) is 385 Å². The summed E-state index contributed by atoms with van der Waals surface area (Å²) >= 11 is 0. The number of hydrogen-bond acceptors (Lipinski definition) is 0. The van der Waals surface area contributed by atoms with Gasteiger partial charge in [-0.2, -0.15) is 0 Å². The summed E-state index contributed by atoms with van der Waals surface area (Å²) in [5.74, 6) is -1.65. The van der Waals surface area contributed by atoms with Crippen LogP contribution in [0.1, 0.15) is 247 Å². The number of benzene rings is 10. The number of rotatable bonds is 15. The molecule has 1 fully saturated rings. The molecule has 5 heteroatoms. The van der Waals surface area contributed by atoms with Gasteiger partial charge in [-0.3, -0.25) is 0 Å². The number of pyridine rings is 5. The third kappa shape index (κ3) is 22.9. The van der Waals surface area contributed by atoms with E-state index in [2.05, 4.69) is 0 Å². The second-order valence-corrected chi connectivity index (χ2v) is 35.1. The van der Waals surface area contributed by atoms with Crippen molar-refractivity contribution in [2.45, 2.75) is 209 Å². The lowest BCUT2D eigenvalue weighted by molar-refractivity contribution is -0.660. The molecule has 0 saturated heterocycles. The zero-order valence-electron chi connectivity index (χ0n) is 113. The highest BCUT2D eigenvalue weighted by Crippen LogP contribution is 2.42. The van der Waals surface area contributed by atoms with Gasteiger partial charge in [0.15, 0.2) is 31.0 Å². The Morgan fingerprint density at radius 2 is 0.586 bits per heavy atom. The summed E-state index contributed by atoms with van der Waals surface area (Å²) < 4.78 is 302. The lowest BCUT2D eigenvalue weighted by Gasteiger charge is -2.18. The molecule has 0 atom stereocenters. The van der Waals surface area contributed by atoms with E-state index in [1.165, 1.54) is 30.3 Å². The van der Waals surface area contributed by atoms with E-state index >= 15 is 0 Å². The third-order valence-electron chi connectivity index (χ3n) is 23.4. The molecule has 1 aliphatic rings. The van der Waals surface area contributed by atoms with Gasteiger partial charge in [-0.1, -0.05) is 213 Å². The molecular formula is C123H144N5+5. The van der Waals surface area contributed by atoms with Crippen molar-refractivity contribution >= 4 is 0 Å². The molecule has 0 N–H and O–H groups in total. The lowest BCUT2D eigenvalue weighted by Crippen LogP contribution is -2.31. The van der Waals surface area contributed by atoms with Crippen LogP contribution in [0.25, 0.3) is 112 Å². The molecule has 1 saturated carbocycles. The molecule has 10 aromatic carbocycles. The Morgan fingerprint density at radius 3 is 0.906 bits per heavy atom. The molecule has 1 aliphatic carbocycles. The molecule has 0 unspecified atom stereocenters. The Kier molecular flexibility index (Phi) is 18.8. The van der Waals surface area contributed by atoms with Gasteiger partial charge in [0.05, 0.1) is 0 Å². The van der Waals surface area contributed by atoms with Crippen molar-refractivity contribution < 1.29 is 72.2 Å². The number of aryl methyl sites for hydroxylation is 21. The van der Waals surface area contributed by atoms with Crippen LogP contribution in [0.2, 0.25) is 0 Å². The average molecular weight is 1730 g/mol. The van der Waals surface area contributed by atoms with Crippen molar-refractivity contribution in [3.8, 4) is 112 Å². The molecule has 128 heavy (non-hydrogen) atoms. The number of nitrogens with zero attached hydrogens (tertiary/aromatic N) is 5. The second kappa shape index (κ2) is 41.8. The average Bonchev–Trinajstić information content (AvgIpc) is 1.04. The highest BCUT2D eigenvalue weighted by Gasteiger charge is 2.27. The summed E-state index contributed by atoms with van der Waals surface area (Å²) in [6, 6.07) is 68.7. The van der Waals surface area contributed by atoms with Crippen molar-refractivity contribution in [2.24, 2.45) is 46.6 Å². The Balaban J connectivity index is 0.000000180. The van der Waals surface area contributed by atoms with Crippen LogP contribution in [0.4, 0.5) is 0 Å². The first-order valence-corrected chi connectivity index (χ1v) is 43.5. The van der Waals surface area contributed by atoms with E-state index in [1.807, 2.05) is 215 Å². The summed E-state index contributed by atoms with van der Waals surface area (Å²) in [5.41, 5.74) is 20.0. The minimum Gasteiger partial charge on any atom is -0.201 e. The monoisotopic (exact) mass is 1730 g/mol. The van der Waals surface area contributed by atoms with Gasteiger partial charge in [0.2, 0.25) is 28.5 Å². The number of hydrogen-bond donors (Lipinski definition) is 0. The van der Waals surface area contributed by atoms with Crippen LogP contribution >= 0.6 is 0 Å². The van der Waals surface area contributed by atoms with Crippen LogP contribution in [0.5, 0.6) is 0 Å². The van der Waals surface area contributed by atoms with E-state index in [9.17, 15) is 0 Å². The van der Waals surface area contributed by atoms with Gasteiger partial charge in [-0.05, 0) is 356 Å². The molecule has 16 rings (SSSR count). The summed E-state index contributed by atoms with van der Waals surface area (Å²) in [6.45, 7) is 0.0559. The standard InChI is InChI=1S/C26H30N.C26H32N.C25H30N.C24H28N.C22H24N/c1-18-9-5-8-12-23(18)24-17-25(20(3)15-19(24)2)26-16-22(13-14-27(26)4)21-10-6-7-11-21;1-18-10-8-9-11-22(18)23-16-24(20(3)14-19(23)2)25-15-21(12-13-27(25)7)17-26(4,5)6;1-17(2)13-21-11-12-26(6)25(15-21)24-16-23(19(4)14-20(24)5)22-10-8-7-9-18(22)3;1-16(2)20-11-12-25(6)24(14-20)23-15-22(18(4)13-19(23)5)21-10-8-7-9-17(21)3;1-15-10-11-23(5)22(12-15)21-14-20(17(3)13-18(21)4)19-9-7-6-8-16(19)2/h5,8-9,12-17,21H,6-7,10-11H2,1-4H3;8-16H,17H2,1-7H3;7-12,14-17H,13H2,1-6H3;7-16H,1-6H3;6-14H,1-5H3/q5*+1/i1D3,2D3,21D;1D3,2D3,17D2;3D3,4D3,13D2;3D3,4D3,16D;2D3,3D3. The molecule has 5 aromatic heterocycles. The predicted molar refractivity (Wildman–Crippen MR) is 545 cm³/mol. The van der Waals surface area contributed by atoms with Crippen LogP contribution in [0.15, 0.2) is 274 Å². The highest BCUT2D eigenvalue weighted by atomic mass is 14.9. The van der Waals surface area contributed by atoms with Gasteiger partial charge >= 0.3 is 0 Å². The smallest absolute Gasteiger partial charge is 0.201 e. The zero-order valence-corrected chi connectivity index (χ0v) is 77.1. The topological polar surface area (TPSA) is 19.4 Å². The molecule has 0 radical (unpaired) electrons. The van der Waals surface area contributed by atoms with Crippen molar-refractivity contribution in [1.29, 1.82) is 0 Å². The summed E-state index contributed by atoms with van der Waals surface area (Å²) in [6.07, 6.45) is 9.95. The maximum Gasteiger partial charge on any atom is 0.212 e. The lowest BCUT2D eigenvalue weighted by atomic mass is 9.87. The molecular weight excluding hydrogens is 1550 g/mol. The van der Waals surface area contributed by atoms with Gasteiger partial charge in [-0.25, -0.2) is 22.8 Å². The van der Waals surface area contributed by atoms with E-state index in [0.717, 1.165) is 92.8 Å². The van der Waals surface area contributed by atoms with E-state index in [1.54, 1.807) is 176 Å². The third-order valence-corrected chi connectivity index (χ3v) is 23.4. The van der Waals surface area contributed by atoms with E-state index in [4.69, 9.17) is 49.3 Å². The van der Waals surface area contributed by atoms with Crippen molar-refractivity contribution in [2.75, 3.05) is 0 Å². The fourth-order valence-corrected chi connectivity index (χ4v) is 16.5. The van der Waals surface area contributed by atoms with Crippen LogP contribution < -0.4 is 22.8 Å². The molecule has 0 spiro atoms. The summed E-state index contributed by atoms with van der Waals surface area (Å²) in [5, 5.41) is 0. The van der Waals surface area contributed by atoms with Gasteiger partial charge in [-0.15, -0.1) is 0 Å². The van der Waals surface area contributed by atoms with Crippen molar-refractivity contribution in [1.82, 2.24) is 0 Å². The van der Waals surface area contributed by atoms with Crippen LogP contribution in [-0.2, 0) is 48.0 Å². The zero-order chi connectivity index (χ0) is 123. The minimum absolute atomic E-state index is 0.0827. The van der Waals surface area contributed by atoms with E-state index < -0.39 is 98.5 Å². The normalized spacial score (nSPS) is 17.6. The quantitative estimate of drug-likeness (QED) is 0.0912. The fourth-order valence-electron chi connectivity index (χ4n) is 16.5. The second-order valence-electron chi connectivity index (χ2n) is 35.1. The highest BCUT2D eigenvalue weighted by molar-refractivity contribution is 5.83. The summed E-state index contributed by atoms with van der Waals surface area (Å²) in [7, 11) is 9.44. The first-order chi connectivity index (χ1) is 75.2. The first-order valence-electron chi connectivity index (χ1n) is 61.5. The predicted octanol–water partition coefficient (Wildman–Crippen LogP) is 29.7. The summed E-state index contributed by atoms with van der Waals surface area (Å²) in [4.78, 5) is 0. The Hall–Kier alpha value is -12.1. The van der Waals surface area contributed by atoms with E-state index in [-0.39, 0.29) is 61.6 Å². The van der Waals surface area contributed by atoms with Crippen LogP contribution in [0, 0.1) is 121 Å². The molecule has 656 valence electrons. The van der Waals surface area contributed by atoms with Crippen LogP contribution in [0.3, 0.4) is 0 Å². The van der Waals surface area contributed by atoms with Crippen molar-refractivity contribution in [3.63, 3.8) is 0 Å². The molecule has 0 bridgehead atoms. The molecule has 0 aliphatic heterocycles. The Morgan fingerprint density at radius 1 is 0.305 bits per heavy atom. The number of aromatic nitrogens is 5. The molecule has 0 amide bonds. The molecule has 5 nitrogen and oxygen atoms in total. The SMILES string of the molecule is [2H]C([2H])([2H])c1ccccc1-c1cc(-c2cc(C([2H])(C)C)cc[n+]2C)c(C)cc1C([2H])([2H])[2H].[2H]C([2H])([2H])c1ccccc1-c1cc(-c2cc(C([2H])([2H])C(C)(C)C)cc[n+]2C)c(C)cc1C([2H])([2H])[2H].[2H]C([2H])([2H])c1ccccc1-c1cc(-c2cc(C([2H])([2H])C(C)C)cc[n+]2C)c(C)cc1C([2H])([2H])[2H].[2H]C([2H])([2H])c1ccccc1-c1cc(-c2cc(C)cc[n+]2C)c(C)cc1C([2H])([2H])[2H].[2H]C([2H])([2H])c1ccccc1-c1cc(-c2cc(C3([2H])CCCC3)cc[n+]2C)c(C)cc1C([2H])([2H])[2H]. The van der Waals surface area contributed by atoms with Gasteiger partial charge < -0.3 is 0 Å². The molecule has 15 aromatic rings. The molecule has 5 heterocycles. The van der Waals surface area contributed by atoms with Gasteiger partial charge in [0.1, 0.15) is 35.2 Å². The Labute approximate surface area is 821 Å². The first kappa shape index (κ1) is 57.7. The maximum absolute atomic E-state index is 8.95. The fraction of sp³-hybridized carbons (Fsp3) is 0.309.